The van der Waals surface area contributed by atoms with Gasteiger partial charge < -0.3 is 54.4 Å². The number of fused-ring (bicyclic) bond motifs is 2. The van der Waals surface area contributed by atoms with E-state index in [1.165, 1.54) is 9.80 Å². The van der Waals surface area contributed by atoms with Gasteiger partial charge in [0.05, 0.1) is 52.9 Å². The van der Waals surface area contributed by atoms with Crippen molar-refractivity contribution in [2.75, 3.05) is 90.3 Å². The number of carbonyl (C=O) groups excluding carboxylic acids is 7. The SMILES string of the molecule is C#CCOCCOCCOCC(=O)Nc1cccc2c1CN(C1CCC(=O)NC1=O)C2=O.C#CCOCCOCCOCC(=O)O.Nc1cccc2c1CN(C1CCC(=O)NC1=O)C2=O. The Morgan fingerprint density at radius 3 is 1.58 bits per heavy atom. The lowest BCUT2D eigenvalue weighted by Crippen LogP contribution is -2.52. The Kier molecular flexibility index (Phi) is 21.0. The van der Waals surface area contributed by atoms with E-state index < -0.39 is 29.9 Å². The van der Waals surface area contributed by atoms with E-state index in [1.54, 1.807) is 36.4 Å². The minimum atomic E-state index is -0.984. The first kappa shape index (κ1) is 50.9. The van der Waals surface area contributed by atoms with E-state index in [9.17, 15) is 38.4 Å². The molecule has 2 aromatic carbocycles. The first-order valence-electron chi connectivity index (χ1n) is 20.5. The van der Waals surface area contributed by atoms with Crippen LogP contribution in [-0.2, 0) is 70.3 Å². The molecule has 0 aliphatic carbocycles. The monoisotopic (exact) mass is 904 g/mol. The number of piperidine rings is 2. The van der Waals surface area contributed by atoms with Gasteiger partial charge >= 0.3 is 5.97 Å². The normalized spacial score (nSPS) is 17.3. The number of nitrogens with two attached hydrogens (primary N) is 1. The quantitative estimate of drug-likeness (QED) is 0.0472. The minimum Gasteiger partial charge on any atom is -0.480 e. The molecule has 0 radical (unpaired) electrons. The van der Waals surface area contributed by atoms with E-state index in [1.807, 2.05) is 0 Å². The highest BCUT2D eigenvalue weighted by atomic mass is 16.6. The van der Waals surface area contributed by atoms with E-state index in [0.29, 0.717) is 80.7 Å². The smallest absolute Gasteiger partial charge is 0.329 e. The molecule has 21 heteroatoms. The molecule has 4 aliphatic heterocycles. The van der Waals surface area contributed by atoms with E-state index in [0.717, 1.165) is 5.56 Å². The molecule has 4 aliphatic rings. The minimum absolute atomic E-state index is 0.174. The molecule has 4 heterocycles. The molecule has 0 saturated carbocycles. The first-order valence-corrected chi connectivity index (χ1v) is 20.5. The second-order valence-electron chi connectivity index (χ2n) is 14.3. The van der Waals surface area contributed by atoms with Gasteiger partial charge in [0.15, 0.2) is 0 Å². The Bertz CT molecular complexity index is 2130. The van der Waals surface area contributed by atoms with Crippen LogP contribution < -0.4 is 21.7 Å². The molecule has 2 aromatic rings. The molecule has 0 aromatic heterocycles. The van der Waals surface area contributed by atoms with Gasteiger partial charge in [-0.3, -0.25) is 44.2 Å². The van der Waals surface area contributed by atoms with E-state index in [2.05, 4.69) is 27.8 Å². The summed E-state index contributed by atoms with van der Waals surface area (Å²) in [4.78, 5) is 96.8. The molecule has 6 N–H and O–H groups in total. The standard InChI is InChI=1S/C22H25N3O7.C13H13N3O3.C9H14O5/c1-2-8-30-9-10-31-11-12-32-14-20(27)23-17-5-3-4-15-16(17)13-25(22(15)29)18-6-7-19(26)24-21(18)28;14-9-3-1-2-7-8(9)6-16(13(7)19)10-4-5-11(17)15-12(10)18;1-2-3-12-4-5-13-6-7-14-8-9(10)11/h1,3-5,18H,6-14H2,(H,23,27)(H,24,26,28);1-3,10H,4-6,14H2,(H,15,17,18);1H,3-8H2,(H,10,11). The predicted molar refractivity (Wildman–Crippen MR) is 228 cm³/mol. The topological polar surface area (TPSA) is 281 Å². The zero-order valence-corrected chi connectivity index (χ0v) is 35.6. The average molecular weight is 905 g/mol. The van der Waals surface area contributed by atoms with Crippen LogP contribution >= 0.6 is 0 Å². The number of anilines is 2. The summed E-state index contributed by atoms with van der Waals surface area (Å²) in [6.07, 6.45) is 11.1. The van der Waals surface area contributed by atoms with Crippen molar-refractivity contribution in [1.29, 1.82) is 0 Å². The Morgan fingerprint density at radius 1 is 0.662 bits per heavy atom. The number of imide groups is 2. The predicted octanol–water partition coefficient (Wildman–Crippen LogP) is -0.147. The zero-order chi connectivity index (χ0) is 47.1. The molecular weight excluding hydrogens is 853 g/mol. The summed E-state index contributed by atoms with van der Waals surface area (Å²) in [6.45, 7) is 3.33. The molecule has 348 valence electrons. The molecule has 21 nitrogen and oxygen atoms in total. The van der Waals surface area contributed by atoms with E-state index in [-0.39, 0.29) is 95.0 Å². The first-order chi connectivity index (χ1) is 31.4. The number of amides is 7. The number of ether oxygens (including phenoxy) is 6. The molecule has 65 heavy (non-hydrogen) atoms. The van der Waals surface area contributed by atoms with Gasteiger partial charge in [-0.1, -0.05) is 24.0 Å². The highest BCUT2D eigenvalue weighted by Gasteiger charge is 2.41. The highest BCUT2D eigenvalue weighted by molar-refractivity contribution is 6.07. The number of hydrogen-bond acceptors (Lipinski definition) is 15. The van der Waals surface area contributed by atoms with Crippen LogP contribution in [0.15, 0.2) is 36.4 Å². The third-order valence-electron chi connectivity index (χ3n) is 9.79. The lowest BCUT2D eigenvalue weighted by Gasteiger charge is -2.29. The fourth-order valence-corrected chi connectivity index (χ4v) is 6.76. The molecular formula is C44H52N6O15. The highest BCUT2D eigenvalue weighted by Crippen LogP contribution is 2.33. The summed E-state index contributed by atoms with van der Waals surface area (Å²) in [5.41, 5.74) is 9.25. The Balaban J connectivity index is 0.000000237. The van der Waals surface area contributed by atoms with Crippen molar-refractivity contribution in [2.45, 2.75) is 50.9 Å². The van der Waals surface area contributed by atoms with E-state index in [4.69, 9.17) is 52.1 Å². The summed E-state index contributed by atoms with van der Waals surface area (Å²) in [7, 11) is 0. The van der Waals surface area contributed by atoms with E-state index >= 15 is 0 Å². The number of nitrogens with zero attached hydrogens (tertiary/aromatic N) is 2. The van der Waals surface area contributed by atoms with Crippen molar-refractivity contribution in [1.82, 2.24) is 20.4 Å². The Hall–Kier alpha value is -6.72. The van der Waals surface area contributed by atoms with Gasteiger partial charge in [0.2, 0.25) is 29.5 Å². The third kappa shape index (κ3) is 15.8. The Labute approximate surface area is 374 Å². The van der Waals surface area contributed by atoms with Crippen molar-refractivity contribution >= 4 is 58.7 Å². The number of nitrogen functional groups attached to an aromatic ring is 1. The van der Waals surface area contributed by atoms with Gasteiger partial charge in [-0.25, -0.2) is 4.79 Å². The van der Waals surface area contributed by atoms with Gasteiger partial charge in [0, 0.05) is 59.6 Å². The number of benzene rings is 2. The second kappa shape index (κ2) is 26.8. The van der Waals surface area contributed by atoms with Crippen molar-refractivity contribution < 1.29 is 71.9 Å². The average Bonchev–Trinajstić information content (AvgIpc) is 3.79. The van der Waals surface area contributed by atoms with Crippen LogP contribution in [0.1, 0.15) is 57.5 Å². The van der Waals surface area contributed by atoms with Gasteiger partial charge in [0.25, 0.3) is 11.8 Å². The van der Waals surface area contributed by atoms with Crippen molar-refractivity contribution in [3.8, 4) is 24.7 Å². The fraction of sp³-hybridized carbons (Fsp3) is 0.455. The number of terminal acetylenes is 2. The summed E-state index contributed by atoms with van der Waals surface area (Å²) in [5.74, 6) is 1.31. The number of rotatable bonds is 21. The summed E-state index contributed by atoms with van der Waals surface area (Å²) < 4.78 is 30.4. The lowest BCUT2D eigenvalue weighted by molar-refractivity contribution is -0.143. The van der Waals surface area contributed by atoms with Crippen LogP contribution in [0.2, 0.25) is 0 Å². The van der Waals surface area contributed by atoms with Crippen LogP contribution in [0, 0.1) is 24.7 Å². The maximum Gasteiger partial charge on any atom is 0.329 e. The maximum atomic E-state index is 12.8. The Morgan fingerprint density at radius 2 is 1.11 bits per heavy atom. The van der Waals surface area contributed by atoms with Crippen molar-refractivity contribution in [3.05, 3.63) is 58.7 Å². The zero-order valence-electron chi connectivity index (χ0n) is 35.6. The number of carboxylic acids is 1. The summed E-state index contributed by atoms with van der Waals surface area (Å²) in [6, 6.07) is 8.88. The van der Waals surface area contributed by atoms with Gasteiger partial charge in [-0.05, 0) is 37.1 Å². The van der Waals surface area contributed by atoms with Crippen LogP contribution in [0.5, 0.6) is 0 Å². The number of nitrogens with one attached hydrogen (secondary N) is 3. The largest absolute Gasteiger partial charge is 0.480 e. The van der Waals surface area contributed by atoms with Gasteiger partial charge in [0.1, 0.15) is 38.5 Å². The summed E-state index contributed by atoms with van der Waals surface area (Å²) in [5, 5.41) is 15.5. The van der Waals surface area contributed by atoms with Crippen molar-refractivity contribution in [3.63, 3.8) is 0 Å². The maximum absolute atomic E-state index is 12.8. The van der Waals surface area contributed by atoms with Crippen LogP contribution in [0.3, 0.4) is 0 Å². The van der Waals surface area contributed by atoms with Crippen LogP contribution in [0.25, 0.3) is 0 Å². The molecule has 2 saturated heterocycles. The van der Waals surface area contributed by atoms with Gasteiger partial charge in [-0.15, -0.1) is 12.8 Å². The molecule has 6 rings (SSSR count). The molecule has 7 amide bonds. The van der Waals surface area contributed by atoms with Gasteiger partial charge in [-0.2, -0.15) is 0 Å². The second-order valence-corrected chi connectivity index (χ2v) is 14.3. The lowest BCUT2D eigenvalue weighted by atomic mass is 10.0. The molecule has 2 unspecified atom stereocenters. The molecule has 2 fully saturated rings. The van der Waals surface area contributed by atoms with Crippen molar-refractivity contribution in [2.24, 2.45) is 0 Å². The third-order valence-corrected chi connectivity index (χ3v) is 9.79. The molecule has 2 atom stereocenters. The number of hydrogen-bond donors (Lipinski definition) is 5. The molecule has 0 bridgehead atoms. The summed E-state index contributed by atoms with van der Waals surface area (Å²) >= 11 is 0. The van der Waals surface area contributed by atoms with Crippen LogP contribution in [0.4, 0.5) is 11.4 Å². The molecule has 0 spiro atoms. The number of aliphatic carboxylic acids is 1. The fourth-order valence-electron chi connectivity index (χ4n) is 6.76. The number of carboxylic acid groups (broad SMARTS) is 1. The van der Waals surface area contributed by atoms with Crippen LogP contribution in [-0.4, -0.2) is 154 Å². The number of carbonyl (C=O) groups is 8.